The van der Waals surface area contributed by atoms with Crippen molar-refractivity contribution < 1.29 is 23.5 Å². The number of halogens is 2. The molecule has 3 fully saturated rings. The number of hydrogen-bond donors (Lipinski definition) is 2. The first-order chi connectivity index (χ1) is 18.4. The number of likely N-dealkylation sites (tertiary alicyclic amines) is 1. The third-order valence-electron chi connectivity index (χ3n) is 8.29. The lowest BCUT2D eigenvalue weighted by Gasteiger charge is -2.34. The van der Waals surface area contributed by atoms with Gasteiger partial charge >= 0.3 is 0 Å². The molecule has 5 unspecified atom stereocenters. The SMILES string of the molecule is O=C(Nc1ccc(Br)cc1)C1C2C=CC3(O2)C1C(=O)N(Cc1ccccc1F)C3C(=O)NC1CCCCC1. The fraction of sp³-hybridized carbons (Fsp3) is 0.414. The Labute approximate surface area is 228 Å². The second kappa shape index (κ2) is 9.93. The maximum Gasteiger partial charge on any atom is 0.246 e. The number of rotatable bonds is 6. The van der Waals surface area contributed by atoms with E-state index in [0.717, 1.165) is 36.6 Å². The first-order valence-corrected chi connectivity index (χ1v) is 13.9. The van der Waals surface area contributed by atoms with Crippen LogP contribution >= 0.6 is 15.9 Å². The molecular formula is C29H29BrFN3O4. The predicted octanol–water partition coefficient (Wildman–Crippen LogP) is 4.33. The van der Waals surface area contributed by atoms with Crippen molar-refractivity contribution in [1.29, 1.82) is 0 Å². The van der Waals surface area contributed by atoms with Crippen LogP contribution in [0.1, 0.15) is 37.7 Å². The molecule has 0 radical (unpaired) electrons. The Morgan fingerprint density at radius 2 is 1.79 bits per heavy atom. The Balaban J connectivity index is 1.33. The molecule has 0 aromatic heterocycles. The molecule has 2 saturated heterocycles. The van der Waals surface area contributed by atoms with E-state index in [9.17, 15) is 18.8 Å². The van der Waals surface area contributed by atoms with E-state index in [1.54, 1.807) is 42.5 Å². The van der Waals surface area contributed by atoms with Gasteiger partial charge in [-0.25, -0.2) is 4.39 Å². The summed E-state index contributed by atoms with van der Waals surface area (Å²) >= 11 is 3.39. The highest BCUT2D eigenvalue weighted by Crippen LogP contribution is 2.55. The number of carbonyl (C=O) groups is 3. The number of nitrogens with one attached hydrogen (secondary N) is 2. The van der Waals surface area contributed by atoms with Gasteiger partial charge in [-0.3, -0.25) is 14.4 Å². The lowest BCUT2D eigenvalue weighted by molar-refractivity contribution is -0.142. The first-order valence-electron chi connectivity index (χ1n) is 13.2. The monoisotopic (exact) mass is 581 g/mol. The molecule has 5 atom stereocenters. The van der Waals surface area contributed by atoms with Crippen LogP contribution in [0, 0.1) is 17.7 Å². The van der Waals surface area contributed by atoms with Crippen LogP contribution in [0.25, 0.3) is 0 Å². The zero-order chi connectivity index (χ0) is 26.4. The van der Waals surface area contributed by atoms with Crippen molar-refractivity contribution in [1.82, 2.24) is 10.2 Å². The molecule has 7 nitrogen and oxygen atoms in total. The fourth-order valence-electron chi connectivity index (χ4n) is 6.53. The van der Waals surface area contributed by atoms with Gasteiger partial charge in [-0.15, -0.1) is 0 Å². The Kier molecular flexibility index (Phi) is 6.60. The zero-order valence-corrected chi connectivity index (χ0v) is 22.3. The van der Waals surface area contributed by atoms with Crippen molar-refractivity contribution in [3.05, 3.63) is 76.5 Å². The molecule has 38 heavy (non-hydrogen) atoms. The Morgan fingerprint density at radius 1 is 1.05 bits per heavy atom. The summed E-state index contributed by atoms with van der Waals surface area (Å²) in [7, 11) is 0. The molecule has 3 amide bonds. The molecule has 1 saturated carbocycles. The van der Waals surface area contributed by atoms with Crippen LogP contribution in [-0.4, -0.2) is 46.4 Å². The minimum absolute atomic E-state index is 0.0243. The van der Waals surface area contributed by atoms with Crippen LogP contribution in [0.2, 0.25) is 0 Å². The van der Waals surface area contributed by atoms with E-state index in [1.165, 1.54) is 11.0 Å². The largest absolute Gasteiger partial charge is 0.359 e. The van der Waals surface area contributed by atoms with Gasteiger partial charge in [-0.2, -0.15) is 0 Å². The van der Waals surface area contributed by atoms with E-state index in [-0.39, 0.29) is 30.3 Å². The molecule has 4 aliphatic rings. The van der Waals surface area contributed by atoms with Crippen molar-refractivity contribution in [2.45, 2.75) is 62.4 Å². The van der Waals surface area contributed by atoms with Crippen LogP contribution in [-0.2, 0) is 25.7 Å². The van der Waals surface area contributed by atoms with Gasteiger partial charge in [0.1, 0.15) is 17.5 Å². The number of amides is 3. The number of fused-ring (bicyclic) bond motifs is 1. The van der Waals surface area contributed by atoms with E-state index in [1.807, 2.05) is 12.1 Å². The van der Waals surface area contributed by atoms with E-state index in [4.69, 9.17) is 4.74 Å². The number of benzene rings is 2. The lowest BCUT2D eigenvalue weighted by atomic mass is 9.74. The molecule has 2 aromatic rings. The van der Waals surface area contributed by atoms with Gasteiger partial charge in [0.2, 0.25) is 17.7 Å². The van der Waals surface area contributed by atoms with Crippen molar-refractivity contribution >= 4 is 39.3 Å². The zero-order valence-electron chi connectivity index (χ0n) is 20.7. The summed E-state index contributed by atoms with van der Waals surface area (Å²) in [6, 6.07) is 12.4. The molecule has 1 spiro atoms. The molecule has 3 aliphatic heterocycles. The topological polar surface area (TPSA) is 87.7 Å². The summed E-state index contributed by atoms with van der Waals surface area (Å²) in [5, 5.41) is 6.05. The normalized spacial score (nSPS) is 29.9. The summed E-state index contributed by atoms with van der Waals surface area (Å²) in [5.74, 6) is -3.19. The van der Waals surface area contributed by atoms with E-state index in [2.05, 4.69) is 26.6 Å². The molecule has 2 bridgehead atoms. The Morgan fingerprint density at radius 3 is 2.53 bits per heavy atom. The average molecular weight is 582 g/mol. The number of carbonyl (C=O) groups excluding carboxylic acids is 3. The van der Waals surface area contributed by atoms with Crippen LogP contribution in [0.15, 0.2) is 65.2 Å². The van der Waals surface area contributed by atoms with Crippen LogP contribution in [0.3, 0.4) is 0 Å². The van der Waals surface area contributed by atoms with Crippen molar-refractivity contribution in [2.24, 2.45) is 11.8 Å². The second-order valence-corrected chi connectivity index (χ2v) is 11.5. The molecule has 2 N–H and O–H groups in total. The highest BCUT2D eigenvalue weighted by atomic mass is 79.9. The van der Waals surface area contributed by atoms with Gasteiger partial charge in [-0.1, -0.05) is 65.5 Å². The maximum absolute atomic E-state index is 14.7. The van der Waals surface area contributed by atoms with Crippen LogP contribution in [0.5, 0.6) is 0 Å². The summed E-state index contributed by atoms with van der Waals surface area (Å²) in [6.45, 7) is -0.0879. The second-order valence-electron chi connectivity index (χ2n) is 10.6. The molecule has 2 aromatic carbocycles. The number of ether oxygens (including phenoxy) is 1. The van der Waals surface area contributed by atoms with Gasteiger partial charge in [0.25, 0.3) is 0 Å². The van der Waals surface area contributed by atoms with Gasteiger partial charge in [0.15, 0.2) is 0 Å². The van der Waals surface area contributed by atoms with Gasteiger partial charge in [-0.05, 0) is 43.2 Å². The molecule has 9 heteroatoms. The quantitative estimate of drug-likeness (QED) is 0.497. The van der Waals surface area contributed by atoms with Crippen molar-refractivity contribution in [3.8, 4) is 0 Å². The van der Waals surface area contributed by atoms with Gasteiger partial charge in [0.05, 0.1) is 17.9 Å². The average Bonchev–Trinajstić information content (AvgIpc) is 3.55. The van der Waals surface area contributed by atoms with E-state index < -0.39 is 35.4 Å². The van der Waals surface area contributed by atoms with E-state index >= 15 is 0 Å². The Bertz CT molecular complexity index is 1290. The lowest BCUT2D eigenvalue weighted by Crippen LogP contribution is -2.56. The van der Waals surface area contributed by atoms with E-state index in [0.29, 0.717) is 11.3 Å². The summed E-state index contributed by atoms with van der Waals surface area (Å²) in [5.41, 5.74) is -0.380. The maximum atomic E-state index is 14.7. The van der Waals surface area contributed by atoms with Crippen LogP contribution < -0.4 is 10.6 Å². The molecule has 6 rings (SSSR count). The summed E-state index contributed by atoms with van der Waals surface area (Å²) in [4.78, 5) is 42.8. The van der Waals surface area contributed by atoms with Crippen molar-refractivity contribution in [2.75, 3.05) is 5.32 Å². The first kappa shape index (κ1) is 25.2. The van der Waals surface area contributed by atoms with Gasteiger partial charge in [0, 0.05) is 28.3 Å². The minimum atomic E-state index is -1.28. The molecule has 1 aliphatic carbocycles. The number of anilines is 1. The third-order valence-corrected chi connectivity index (χ3v) is 8.82. The highest BCUT2D eigenvalue weighted by Gasteiger charge is 2.72. The smallest absolute Gasteiger partial charge is 0.246 e. The van der Waals surface area contributed by atoms with Crippen molar-refractivity contribution in [3.63, 3.8) is 0 Å². The molecule has 198 valence electrons. The predicted molar refractivity (Wildman–Crippen MR) is 142 cm³/mol. The summed E-state index contributed by atoms with van der Waals surface area (Å²) < 4.78 is 21.9. The summed E-state index contributed by atoms with van der Waals surface area (Å²) in [6.07, 6.45) is 7.92. The van der Waals surface area contributed by atoms with Gasteiger partial charge < -0.3 is 20.3 Å². The third kappa shape index (κ3) is 4.25. The fourth-order valence-corrected chi connectivity index (χ4v) is 6.80. The number of nitrogens with zero attached hydrogens (tertiary/aromatic N) is 1. The molecular weight excluding hydrogens is 553 g/mol. The highest BCUT2D eigenvalue weighted by molar-refractivity contribution is 9.10. The molecule has 3 heterocycles. The minimum Gasteiger partial charge on any atom is -0.359 e. The number of hydrogen-bond acceptors (Lipinski definition) is 4. The van der Waals surface area contributed by atoms with Crippen LogP contribution in [0.4, 0.5) is 10.1 Å². The standard InChI is InChI=1S/C29H29BrFN3O4/c30-18-10-12-20(13-11-18)32-26(35)23-22-14-15-29(38-22)24(23)28(37)34(16-17-6-4-5-9-21(17)31)25(29)27(36)33-19-7-2-1-3-8-19/h4-6,9-15,19,22-25H,1-3,7-8,16H2,(H,32,35)(H,33,36). The Hall–Kier alpha value is -3.04.